The molecule has 0 unspecified atom stereocenters. The van der Waals surface area contributed by atoms with Gasteiger partial charge in [0.1, 0.15) is 10.6 Å². The van der Waals surface area contributed by atoms with Crippen molar-refractivity contribution in [2.45, 2.75) is 18.4 Å². The summed E-state index contributed by atoms with van der Waals surface area (Å²) in [6.07, 6.45) is 0.827. The topological polar surface area (TPSA) is 74.3 Å². The van der Waals surface area contributed by atoms with Gasteiger partial charge in [0, 0.05) is 6.20 Å². The largest absolute Gasteiger partial charge is 0.493 e. The highest BCUT2D eigenvalue weighted by molar-refractivity contribution is 7.89. The summed E-state index contributed by atoms with van der Waals surface area (Å²) in [5, 5.41) is 5.14. The number of ether oxygens (including phenoxy) is 1. The summed E-state index contributed by atoms with van der Waals surface area (Å²) in [6, 6.07) is 4.41. The summed E-state index contributed by atoms with van der Waals surface area (Å²) >= 11 is 0. The van der Waals surface area contributed by atoms with Crippen molar-refractivity contribution in [2.24, 2.45) is 5.14 Å². The smallest absolute Gasteiger partial charge is 0.319 e. The molecule has 0 atom stereocenters. The number of nitrogens with two attached hydrogens (primary N) is 1. The quantitative estimate of drug-likeness (QED) is 0.936. The lowest BCUT2D eigenvalue weighted by molar-refractivity contribution is 0.0748. The highest BCUT2D eigenvalue weighted by Gasteiger charge is 2.23. The average Bonchev–Trinajstić information content (AvgIpc) is 2.69. The molecule has 0 bridgehead atoms. The normalized spacial score (nSPS) is 12.3. The van der Waals surface area contributed by atoms with Gasteiger partial charge in [-0.1, -0.05) is 6.07 Å². The number of hydrogen-bond donors (Lipinski definition) is 1. The highest BCUT2D eigenvalue weighted by Crippen LogP contribution is 2.35. The van der Waals surface area contributed by atoms with Gasteiger partial charge in [-0.25, -0.2) is 13.6 Å². The molecule has 5 nitrogen and oxygen atoms in total. The van der Waals surface area contributed by atoms with Gasteiger partial charge in [0.2, 0.25) is 10.0 Å². The minimum Gasteiger partial charge on any atom is -0.493 e. The Balaban J connectivity index is 2.88. The third-order valence-electron chi connectivity index (χ3n) is 2.60. The van der Waals surface area contributed by atoms with Crippen LogP contribution in [0.3, 0.4) is 0 Å². The monoisotopic (exact) mass is 290 g/mol. The maximum Gasteiger partial charge on any atom is 0.319 e. The number of alkyl halides is 2. The third-order valence-corrected chi connectivity index (χ3v) is 3.52. The van der Waals surface area contributed by atoms with E-state index in [9.17, 15) is 17.2 Å². The third kappa shape index (κ3) is 2.41. The van der Waals surface area contributed by atoms with Crippen LogP contribution in [-0.2, 0) is 10.0 Å². The minimum atomic E-state index is -4.12. The van der Waals surface area contributed by atoms with E-state index in [1.54, 1.807) is 6.92 Å². The molecule has 0 aliphatic carbocycles. The van der Waals surface area contributed by atoms with Crippen molar-refractivity contribution in [1.29, 1.82) is 0 Å². The molecule has 0 amide bonds. The molecule has 8 heteroatoms. The molecule has 0 spiro atoms. The van der Waals surface area contributed by atoms with Crippen LogP contribution in [0.15, 0.2) is 29.3 Å². The first kappa shape index (κ1) is 13.8. The number of nitrogens with zero attached hydrogens (tertiary/aromatic N) is 1. The molecule has 1 heterocycles. The van der Waals surface area contributed by atoms with Crippen molar-refractivity contribution < 1.29 is 21.9 Å². The fraction of sp³-hybridized carbons (Fsp3) is 0.273. The zero-order chi connectivity index (χ0) is 14.2. The van der Waals surface area contributed by atoms with Gasteiger partial charge in [-0.2, -0.15) is 8.78 Å². The highest BCUT2D eigenvalue weighted by atomic mass is 32.2. The van der Waals surface area contributed by atoms with Crippen molar-refractivity contribution in [3.63, 3.8) is 0 Å². The Hall–Kier alpha value is -1.67. The number of benzene rings is 1. The van der Waals surface area contributed by atoms with Gasteiger partial charge in [-0.15, -0.1) is 0 Å². The van der Waals surface area contributed by atoms with Gasteiger partial charge < -0.3 is 4.74 Å². The molecule has 0 fully saturated rings. The first-order valence-corrected chi connectivity index (χ1v) is 6.98. The van der Waals surface area contributed by atoms with Crippen LogP contribution in [0.25, 0.3) is 10.9 Å². The fourth-order valence-electron chi connectivity index (χ4n) is 1.90. The van der Waals surface area contributed by atoms with Gasteiger partial charge in [0.15, 0.2) is 0 Å². The average molecular weight is 290 g/mol. The van der Waals surface area contributed by atoms with Crippen molar-refractivity contribution in [3.8, 4) is 5.75 Å². The zero-order valence-electron chi connectivity index (χ0n) is 10.0. The van der Waals surface area contributed by atoms with Crippen LogP contribution in [0, 0.1) is 0 Å². The fourth-order valence-corrected chi connectivity index (χ4v) is 2.65. The summed E-state index contributed by atoms with van der Waals surface area (Å²) in [6.45, 7) is -0.877. The Bertz CT molecular complexity index is 710. The van der Waals surface area contributed by atoms with Crippen LogP contribution in [0.1, 0.15) is 13.5 Å². The Kier molecular flexibility index (Phi) is 3.46. The van der Waals surface area contributed by atoms with Gasteiger partial charge in [-0.3, -0.25) is 4.57 Å². The summed E-state index contributed by atoms with van der Waals surface area (Å²) in [7, 11) is -4.12. The van der Waals surface area contributed by atoms with Crippen molar-refractivity contribution >= 4 is 20.9 Å². The molecule has 0 radical (unpaired) electrons. The summed E-state index contributed by atoms with van der Waals surface area (Å²) in [5.41, 5.74) is 0.0602. The van der Waals surface area contributed by atoms with E-state index in [1.165, 1.54) is 18.2 Å². The van der Waals surface area contributed by atoms with E-state index in [0.29, 0.717) is 4.57 Å². The predicted octanol–water partition coefficient (Wildman–Crippen LogP) is 2.08. The van der Waals surface area contributed by atoms with Crippen LogP contribution in [0.5, 0.6) is 5.75 Å². The Labute approximate surface area is 108 Å². The standard InChI is InChI=1S/C11H12F2N2O3S/c1-2-18-8-5-3-4-7-10(8)9(19(14,16)17)6-15(7)11(12)13/h3-6,11H,2H2,1H3,(H2,14,16,17). The molecule has 1 aromatic heterocycles. The van der Waals surface area contributed by atoms with Crippen LogP contribution < -0.4 is 9.88 Å². The van der Waals surface area contributed by atoms with Gasteiger partial charge in [0.05, 0.1) is 17.5 Å². The molecule has 2 rings (SSSR count). The second kappa shape index (κ2) is 4.78. The van der Waals surface area contributed by atoms with Crippen molar-refractivity contribution in [3.05, 3.63) is 24.4 Å². The number of halogens is 2. The second-order valence-corrected chi connectivity index (χ2v) is 5.34. The van der Waals surface area contributed by atoms with Crippen LogP contribution in [0.2, 0.25) is 0 Å². The van der Waals surface area contributed by atoms with E-state index in [-0.39, 0.29) is 28.2 Å². The SMILES string of the molecule is CCOc1cccc2c1c(S(N)(=O)=O)cn2C(F)F. The van der Waals surface area contributed by atoms with Crippen molar-refractivity contribution in [1.82, 2.24) is 4.57 Å². The van der Waals surface area contributed by atoms with E-state index in [2.05, 4.69) is 0 Å². The summed E-state index contributed by atoms with van der Waals surface area (Å²) < 4.78 is 54.6. The maximum atomic E-state index is 12.9. The predicted molar refractivity (Wildman–Crippen MR) is 65.7 cm³/mol. The Morgan fingerprint density at radius 3 is 2.63 bits per heavy atom. The van der Waals surface area contributed by atoms with Crippen LogP contribution >= 0.6 is 0 Å². The number of sulfonamides is 1. The first-order chi connectivity index (χ1) is 8.86. The van der Waals surface area contributed by atoms with Crippen LogP contribution in [-0.4, -0.2) is 19.6 Å². The lowest BCUT2D eigenvalue weighted by Crippen LogP contribution is -2.12. The molecular formula is C11H12F2N2O3S. The van der Waals surface area contributed by atoms with Crippen LogP contribution in [0.4, 0.5) is 8.78 Å². The zero-order valence-corrected chi connectivity index (χ0v) is 10.8. The number of aromatic nitrogens is 1. The van der Waals surface area contributed by atoms with Gasteiger partial charge >= 0.3 is 6.55 Å². The molecule has 1 aromatic carbocycles. The molecule has 2 aromatic rings. The number of primary sulfonamides is 1. The maximum absolute atomic E-state index is 12.9. The molecule has 0 aliphatic rings. The number of hydrogen-bond acceptors (Lipinski definition) is 3. The van der Waals surface area contributed by atoms with E-state index in [0.717, 1.165) is 6.20 Å². The minimum absolute atomic E-state index is 0.0602. The molecule has 0 aliphatic heterocycles. The van der Waals surface area contributed by atoms with E-state index >= 15 is 0 Å². The lowest BCUT2D eigenvalue weighted by Gasteiger charge is -2.07. The Morgan fingerprint density at radius 1 is 1.42 bits per heavy atom. The second-order valence-electron chi connectivity index (χ2n) is 3.81. The Morgan fingerprint density at radius 2 is 2.11 bits per heavy atom. The molecule has 2 N–H and O–H groups in total. The molecule has 0 saturated carbocycles. The van der Waals surface area contributed by atoms with E-state index in [4.69, 9.17) is 9.88 Å². The molecule has 104 valence electrons. The van der Waals surface area contributed by atoms with Crippen molar-refractivity contribution in [2.75, 3.05) is 6.61 Å². The molecular weight excluding hydrogens is 278 g/mol. The van der Waals surface area contributed by atoms with E-state index in [1.807, 2.05) is 0 Å². The lowest BCUT2D eigenvalue weighted by atomic mass is 10.2. The number of rotatable bonds is 4. The van der Waals surface area contributed by atoms with E-state index < -0.39 is 16.6 Å². The first-order valence-electron chi connectivity index (χ1n) is 5.43. The molecule has 0 saturated heterocycles. The van der Waals surface area contributed by atoms with Gasteiger partial charge in [-0.05, 0) is 19.1 Å². The van der Waals surface area contributed by atoms with Gasteiger partial charge in [0.25, 0.3) is 0 Å². The molecule has 19 heavy (non-hydrogen) atoms. The number of fused-ring (bicyclic) bond motifs is 1. The summed E-state index contributed by atoms with van der Waals surface area (Å²) in [4.78, 5) is -0.369. The summed E-state index contributed by atoms with van der Waals surface area (Å²) in [5.74, 6) is 0.212.